The molecule has 0 fully saturated rings. The predicted octanol–water partition coefficient (Wildman–Crippen LogP) is 3.10. The third-order valence-corrected chi connectivity index (χ3v) is 2.64. The minimum Gasteiger partial charge on any atom is -0.492 e. The molecule has 0 saturated heterocycles. The molecule has 0 spiro atoms. The average Bonchev–Trinajstić information content (AvgIpc) is 2.47. The Balaban J connectivity index is 2.05. The fourth-order valence-electron chi connectivity index (χ4n) is 1.75. The van der Waals surface area contributed by atoms with Crippen molar-refractivity contribution in [3.05, 3.63) is 48.2 Å². The molecule has 0 bridgehead atoms. The topological polar surface area (TPSA) is 43.4 Å². The number of benzene rings is 1. The van der Waals surface area contributed by atoms with Gasteiger partial charge in [-0.1, -0.05) is 18.2 Å². The highest BCUT2D eigenvalue weighted by Crippen LogP contribution is 2.24. The molecule has 1 aromatic heterocycles. The molecule has 1 heterocycles. The van der Waals surface area contributed by atoms with Crippen LogP contribution in [0.3, 0.4) is 0 Å². The van der Waals surface area contributed by atoms with Crippen LogP contribution in [0.2, 0.25) is 0 Å². The Morgan fingerprint density at radius 2 is 1.95 bits per heavy atom. The second-order valence-electron chi connectivity index (χ2n) is 3.95. The molecule has 2 rings (SSSR count). The van der Waals surface area contributed by atoms with Gasteiger partial charge in [-0.05, 0) is 25.1 Å². The first-order valence-electron chi connectivity index (χ1n) is 6.29. The Bertz CT molecular complexity index is 529. The van der Waals surface area contributed by atoms with Crippen molar-refractivity contribution in [1.82, 2.24) is 4.98 Å². The van der Waals surface area contributed by atoms with Gasteiger partial charge in [-0.2, -0.15) is 0 Å². The van der Waals surface area contributed by atoms with Crippen molar-refractivity contribution in [2.45, 2.75) is 13.5 Å². The predicted molar refractivity (Wildman–Crippen MR) is 75.7 cm³/mol. The fraction of sp³-hybridized carbons (Fsp3) is 0.267. The SMILES string of the molecule is CCOc1ccccc1NCc1cccc(OC)n1. The monoisotopic (exact) mass is 258 g/mol. The zero-order valence-electron chi connectivity index (χ0n) is 11.2. The second-order valence-corrected chi connectivity index (χ2v) is 3.95. The van der Waals surface area contributed by atoms with Crippen LogP contribution in [0.25, 0.3) is 0 Å². The van der Waals surface area contributed by atoms with E-state index < -0.39 is 0 Å². The van der Waals surface area contributed by atoms with Crippen LogP contribution in [-0.2, 0) is 6.54 Å². The lowest BCUT2D eigenvalue weighted by atomic mass is 10.2. The fourth-order valence-corrected chi connectivity index (χ4v) is 1.75. The molecule has 0 saturated carbocycles. The number of para-hydroxylation sites is 2. The first kappa shape index (κ1) is 13.2. The normalized spacial score (nSPS) is 10.0. The van der Waals surface area contributed by atoms with Crippen LogP contribution in [0.4, 0.5) is 5.69 Å². The number of nitrogens with zero attached hydrogens (tertiary/aromatic N) is 1. The van der Waals surface area contributed by atoms with Gasteiger partial charge in [0.15, 0.2) is 0 Å². The minimum absolute atomic E-state index is 0.623. The molecule has 4 nitrogen and oxygen atoms in total. The number of pyridine rings is 1. The Hall–Kier alpha value is -2.23. The van der Waals surface area contributed by atoms with Gasteiger partial charge in [0.2, 0.25) is 5.88 Å². The molecule has 0 aliphatic heterocycles. The molecule has 0 aliphatic rings. The largest absolute Gasteiger partial charge is 0.492 e. The van der Waals surface area contributed by atoms with Gasteiger partial charge in [0.1, 0.15) is 5.75 Å². The molecule has 19 heavy (non-hydrogen) atoms. The quantitative estimate of drug-likeness (QED) is 0.864. The molecule has 0 radical (unpaired) electrons. The molecule has 4 heteroatoms. The highest BCUT2D eigenvalue weighted by atomic mass is 16.5. The number of nitrogens with one attached hydrogen (secondary N) is 1. The van der Waals surface area contributed by atoms with Gasteiger partial charge in [0.05, 0.1) is 31.6 Å². The van der Waals surface area contributed by atoms with E-state index in [-0.39, 0.29) is 0 Å². The van der Waals surface area contributed by atoms with Gasteiger partial charge in [-0.3, -0.25) is 0 Å². The summed E-state index contributed by atoms with van der Waals surface area (Å²) in [6.45, 7) is 3.25. The highest BCUT2D eigenvalue weighted by molar-refractivity contribution is 5.56. The molecule has 0 amide bonds. The van der Waals surface area contributed by atoms with Crippen molar-refractivity contribution in [1.29, 1.82) is 0 Å². The molecule has 100 valence electrons. The van der Waals surface area contributed by atoms with Crippen molar-refractivity contribution in [2.75, 3.05) is 19.0 Å². The van der Waals surface area contributed by atoms with Crippen molar-refractivity contribution in [3.63, 3.8) is 0 Å². The molecular weight excluding hydrogens is 240 g/mol. The van der Waals surface area contributed by atoms with E-state index in [0.29, 0.717) is 19.0 Å². The molecule has 1 N–H and O–H groups in total. The standard InChI is InChI=1S/C15H18N2O2/c1-3-19-14-9-5-4-8-13(14)16-11-12-7-6-10-15(17-12)18-2/h4-10,16H,3,11H2,1-2H3. The molecule has 1 aromatic carbocycles. The van der Waals surface area contributed by atoms with E-state index in [0.717, 1.165) is 17.1 Å². The average molecular weight is 258 g/mol. The smallest absolute Gasteiger partial charge is 0.213 e. The Labute approximate surface area is 113 Å². The van der Waals surface area contributed by atoms with Crippen molar-refractivity contribution in [2.24, 2.45) is 0 Å². The van der Waals surface area contributed by atoms with Gasteiger partial charge < -0.3 is 14.8 Å². The van der Waals surface area contributed by atoms with E-state index in [2.05, 4.69) is 10.3 Å². The summed E-state index contributed by atoms with van der Waals surface area (Å²) in [5, 5.41) is 3.32. The van der Waals surface area contributed by atoms with Gasteiger partial charge >= 0.3 is 0 Å². The summed E-state index contributed by atoms with van der Waals surface area (Å²) in [5.74, 6) is 1.48. The summed E-state index contributed by atoms with van der Waals surface area (Å²) < 4.78 is 10.7. The molecule has 0 unspecified atom stereocenters. The van der Waals surface area contributed by atoms with Gasteiger partial charge in [0, 0.05) is 6.07 Å². The van der Waals surface area contributed by atoms with E-state index in [1.54, 1.807) is 7.11 Å². The molecule has 2 aromatic rings. The maximum atomic E-state index is 5.56. The Kier molecular flexibility index (Phi) is 4.61. The van der Waals surface area contributed by atoms with Crippen LogP contribution < -0.4 is 14.8 Å². The maximum Gasteiger partial charge on any atom is 0.213 e. The van der Waals surface area contributed by atoms with Crippen LogP contribution in [0.5, 0.6) is 11.6 Å². The number of hydrogen-bond acceptors (Lipinski definition) is 4. The van der Waals surface area contributed by atoms with Crippen LogP contribution >= 0.6 is 0 Å². The van der Waals surface area contributed by atoms with Gasteiger partial charge in [-0.15, -0.1) is 0 Å². The van der Waals surface area contributed by atoms with Crippen molar-refractivity contribution < 1.29 is 9.47 Å². The summed E-state index contributed by atoms with van der Waals surface area (Å²) in [4.78, 5) is 4.36. The van der Waals surface area contributed by atoms with E-state index in [4.69, 9.17) is 9.47 Å². The van der Waals surface area contributed by atoms with Crippen molar-refractivity contribution in [3.8, 4) is 11.6 Å². The van der Waals surface area contributed by atoms with E-state index in [1.807, 2.05) is 49.4 Å². The lowest BCUT2D eigenvalue weighted by Gasteiger charge is -2.12. The van der Waals surface area contributed by atoms with Gasteiger partial charge in [-0.25, -0.2) is 4.98 Å². The molecule has 0 aliphatic carbocycles. The zero-order chi connectivity index (χ0) is 13.5. The van der Waals surface area contributed by atoms with Crippen LogP contribution in [0.15, 0.2) is 42.5 Å². The summed E-state index contributed by atoms with van der Waals surface area (Å²) >= 11 is 0. The number of methoxy groups -OCH3 is 1. The lowest BCUT2D eigenvalue weighted by Crippen LogP contribution is -2.04. The summed E-state index contributed by atoms with van der Waals surface area (Å²) in [6.07, 6.45) is 0. The molecular formula is C15H18N2O2. The first-order chi connectivity index (χ1) is 9.33. The Morgan fingerprint density at radius 1 is 1.11 bits per heavy atom. The van der Waals surface area contributed by atoms with E-state index >= 15 is 0 Å². The Morgan fingerprint density at radius 3 is 2.74 bits per heavy atom. The summed E-state index contributed by atoms with van der Waals surface area (Å²) in [6, 6.07) is 13.6. The lowest BCUT2D eigenvalue weighted by molar-refractivity contribution is 0.341. The molecule has 0 atom stereocenters. The van der Waals surface area contributed by atoms with Crippen molar-refractivity contribution >= 4 is 5.69 Å². The number of ether oxygens (including phenoxy) is 2. The first-order valence-corrected chi connectivity index (χ1v) is 6.29. The second kappa shape index (κ2) is 6.64. The number of rotatable bonds is 6. The maximum absolute atomic E-state index is 5.56. The summed E-state index contributed by atoms with van der Waals surface area (Å²) in [7, 11) is 1.62. The summed E-state index contributed by atoms with van der Waals surface area (Å²) in [5.41, 5.74) is 1.89. The number of aromatic nitrogens is 1. The minimum atomic E-state index is 0.623. The zero-order valence-corrected chi connectivity index (χ0v) is 11.2. The highest BCUT2D eigenvalue weighted by Gasteiger charge is 2.03. The van der Waals surface area contributed by atoms with Crippen LogP contribution in [0.1, 0.15) is 12.6 Å². The van der Waals surface area contributed by atoms with E-state index in [9.17, 15) is 0 Å². The third kappa shape index (κ3) is 3.61. The number of hydrogen-bond donors (Lipinski definition) is 1. The third-order valence-electron chi connectivity index (χ3n) is 2.64. The van der Waals surface area contributed by atoms with Gasteiger partial charge in [0.25, 0.3) is 0 Å². The number of anilines is 1. The van der Waals surface area contributed by atoms with Crippen LogP contribution in [-0.4, -0.2) is 18.7 Å². The van der Waals surface area contributed by atoms with E-state index in [1.165, 1.54) is 0 Å². The van der Waals surface area contributed by atoms with Crippen LogP contribution in [0, 0.1) is 0 Å².